The van der Waals surface area contributed by atoms with Gasteiger partial charge in [-0.3, -0.25) is 0 Å². The molecule has 3 aliphatic heterocycles. The Kier molecular flexibility index (Phi) is 5.71. The smallest absolute Gasteiger partial charge is 0.218 e. The van der Waals surface area contributed by atoms with Crippen molar-refractivity contribution in [3.8, 4) is 0 Å². The van der Waals surface area contributed by atoms with Crippen LogP contribution in [0.25, 0.3) is 11.0 Å². The SMILES string of the molecule is C[C@@H]1CCc2c(C3=NC(N[C@@H]4CCOC[C@H]4O)=NCC3Cl)cc(F)c3nc(C(C)(C)O)n1c23. The predicted octanol–water partition coefficient (Wildman–Crippen LogP) is 2.42. The van der Waals surface area contributed by atoms with Crippen LogP contribution in [0.1, 0.15) is 56.6 Å². The first-order chi connectivity index (χ1) is 15.6. The number of aliphatic hydroxyl groups excluding tert-OH is 1. The van der Waals surface area contributed by atoms with Gasteiger partial charge in [-0.25, -0.2) is 19.4 Å². The average molecular weight is 478 g/mol. The van der Waals surface area contributed by atoms with Crippen LogP contribution in [0.3, 0.4) is 0 Å². The Hall–Kier alpha value is -2.07. The van der Waals surface area contributed by atoms with Crippen LogP contribution < -0.4 is 5.32 Å². The van der Waals surface area contributed by atoms with Crippen LogP contribution in [-0.2, 0) is 16.8 Å². The molecular weight excluding hydrogens is 449 g/mol. The van der Waals surface area contributed by atoms with Gasteiger partial charge in [0.1, 0.15) is 16.9 Å². The first-order valence-electron chi connectivity index (χ1n) is 11.4. The number of guanidine groups is 1. The minimum absolute atomic E-state index is 0.0764. The number of benzene rings is 1. The standard InChI is InChI=1S/C23H29ClFN5O3/c1-11-4-5-12-13(8-15(25)19-20(12)30(11)21(28-19)23(2,3)32)18-14(24)9-26-22(29-18)27-16-6-7-33-10-17(16)31/h8,11,14,16-17,31-32H,4-7,9-10H2,1-3H3,(H,26,27)/t11-,14?,16-,17-/m1/s1. The number of halogens is 2. The largest absolute Gasteiger partial charge is 0.389 e. The minimum Gasteiger partial charge on any atom is -0.389 e. The van der Waals surface area contributed by atoms with Gasteiger partial charge in [0.15, 0.2) is 5.82 Å². The summed E-state index contributed by atoms with van der Waals surface area (Å²) in [5.41, 5.74) is 1.89. The number of aliphatic hydroxyl groups is 2. The van der Waals surface area contributed by atoms with Gasteiger partial charge in [-0.05, 0) is 51.7 Å². The van der Waals surface area contributed by atoms with Gasteiger partial charge < -0.3 is 24.8 Å². The van der Waals surface area contributed by atoms with Crippen molar-refractivity contribution < 1.29 is 19.3 Å². The fourth-order valence-corrected chi connectivity index (χ4v) is 5.19. The lowest BCUT2D eigenvalue weighted by molar-refractivity contribution is -0.0232. The van der Waals surface area contributed by atoms with Crippen molar-refractivity contribution in [1.82, 2.24) is 14.9 Å². The number of rotatable bonds is 3. The fraction of sp³-hybridized carbons (Fsp3) is 0.609. The molecule has 2 aromatic rings. The second kappa shape index (κ2) is 8.30. The van der Waals surface area contributed by atoms with E-state index < -0.39 is 22.9 Å². The van der Waals surface area contributed by atoms with E-state index in [-0.39, 0.29) is 24.2 Å². The zero-order chi connectivity index (χ0) is 23.5. The third-order valence-corrected chi connectivity index (χ3v) is 7.01. The molecule has 0 bridgehead atoms. The number of aromatic nitrogens is 2. The molecule has 1 unspecified atom stereocenters. The highest BCUT2D eigenvalue weighted by atomic mass is 35.5. The maximum atomic E-state index is 15.4. The third-order valence-electron chi connectivity index (χ3n) is 6.66. The Morgan fingerprint density at radius 2 is 2.12 bits per heavy atom. The topological polar surface area (TPSA) is 104 Å². The zero-order valence-corrected chi connectivity index (χ0v) is 19.7. The van der Waals surface area contributed by atoms with Crippen LogP contribution in [0.15, 0.2) is 16.1 Å². The van der Waals surface area contributed by atoms with E-state index in [4.69, 9.17) is 16.3 Å². The molecule has 4 atom stereocenters. The number of nitrogens with one attached hydrogen (secondary N) is 1. The van der Waals surface area contributed by atoms with Crippen LogP contribution >= 0.6 is 11.6 Å². The highest BCUT2D eigenvalue weighted by Gasteiger charge is 2.35. The molecule has 33 heavy (non-hydrogen) atoms. The summed E-state index contributed by atoms with van der Waals surface area (Å²) in [6.07, 6.45) is 1.54. The lowest BCUT2D eigenvalue weighted by atomic mass is 9.91. The Balaban J connectivity index is 1.61. The van der Waals surface area contributed by atoms with Crippen LogP contribution in [0.5, 0.6) is 0 Å². The van der Waals surface area contributed by atoms with Crippen molar-refractivity contribution >= 4 is 34.3 Å². The molecule has 1 aromatic carbocycles. The van der Waals surface area contributed by atoms with E-state index in [0.29, 0.717) is 48.1 Å². The van der Waals surface area contributed by atoms with Crippen molar-refractivity contribution in [2.24, 2.45) is 9.98 Å². The van der Waals surface area contributed by atoms with Crippen LogP contribution in [0, 0.1) is 5.82 Å². The van der Waals surface area contributed by atoms with E-state index in [1.165, 1.54) is 6.07 Å². The molecule has 10 heteroatoms. The molecule has 0 spiro atoms. The molecule has 0 amide bonds. The highest BCUT2D eigenvalue weighted by Crippen LogP contribution is 2.39. The maximum Gasteiger partial charge on any atom is 0.218 e. The quantitative estimate of drug-likeness (QED) is 0.589. The number of alkyl halides is 1. The number of nitrogens with zero attached hydrogens (tertiary/aromatic N) is 4. The molecule has 178 valence electrons. The van der Waals surface area contributed by atoms with Gasteiger partial charge in [-0.1, -0.05) is 0 Å². The van der Waals surface area contributed by atoms with Gasteiger partial charge in [0.25, 0.3) is 0 Å². The second-order valence-electron chi connectivity index (χ2n) is 9.64. The average Bonchev–Trinajstić information content (AvgIpc) is 3.18. The van der Waals surface area contributed by atoms with Gasteiger partial charge in [0, 0.05) is 18.2 Å². The highest BCUT2D eigenvalue weighted by molar-refractivity contribution is 6.37. The summed E-state index contributed by atoms with van der Waals surface area (Å²) in [5.74, 6) is 0.369. The van der Waals surface area contributed by atoms with Crippen LogP contribution in [-0.4, -0.2) is 68.7 Å². The van der Waals surface area contributed by atoms with Crippen molar-refractivity contribution in [1.29, 1.82) is 0 Å². The van der Waals surface area contributed by atoms with Crippen molar-refractivity contribution in [3.05, 3.63) is 28.8 Å². The van der Waals surface area contributed by atoms with Crippen molar-refractivity contribution in [2.45, 2.75) is 69.2 Å². The van der Waals surface area contributed by atoms with Gasteiger partial charge in [-0.15, -0.1) is 11.6 Å². The molecule has 8 nitrogen and oxygen atoms in total. The Morgan fingerprint density at radius 3 is 2.85 bits per heavy atom. The van der Waals surface area contributed by atoms with Gasteiger partial charge >= 0.3 is 0 Å². The summed E-state index contributed by atoms with van der Waals surface area (Å²) in [4.78, 5) is 13.6. The van der Waals surface area contributed by atoms with E-state index in [2.05, 4.69) is 27.2 Å². The molecule has 4 heterocycles. The predicted molar refractivity (Wildman–Crippen MR) is 125 cm³/mol. The van der Waals surface area contributed by atoms with Gasteiger partial charge in [0.05, 0.1) is 41.9 Å². The summed E-state index contributed by atoms with van der Waals surface area (Å²) in [5, 5.41) is 23.6. The first-order valence-corrected chi connectivity index (χ1v) is 11.8. The summed E-state index contributed by atoms with van der Waals surface area (Å²) < 4.78 is 22.6. The number of ether oxygens (including phenoxy) is 1. The van der Waals surface area contributed by atoms with Crippen molar-refractivity contribution in [3.63, 3.8) is 0 Å². The zero-order valence-electron chi connectivity index (χ0n) is 19.0. The van der Waals surface area contributed by atoms with E-state index in [1.807, 2.05) is 4.57 Å². The third kappa shape index (κ3) is 3.95. The molecule has 5 rings (SSSR count). The summed E-state index contributed by atoms with van der Waals surface area (Å²) in [6, 6.07) is 1.32. The van der Waals surface area contributed by atoms with E-state index in [0.717, 1.165) is 18.4 Å². The fourth-order valence-electron chi connectivity index (χ4n) is 4.96. The summed E-state index contributed by atoms with van der Waals surface area (Å²) in [7, 11) is 0. The van der Waals surface area contributed by atoms with E-state index in [1.54, 1.807) is 13.8 Å². The van der Waals surface area contributed by atoms with E-state index >= 15 is 4.39 Å². The molecule has 1 fully saturated rings. The molecule has 0 radical (unpaired) electrons. The molecule has 0 aliphatic carbocycles. The number of aryl methyl sites for hydroxylation is 1. The monoisotopic (exact) mass is 477 g/mol. The number of hydrogen-bond acceptors (Lipinski definition) is 7. The maximum absolute atomic E-state index is 15.4. The van der Waals surface area contributed by atoms with Crippen LogP contribution in [0.4, 0.5) is 4.39 Å². The number of hydrogen-bond donors (Lipinski definition) is 3. The summed E-state index contributed by atoms with van der Waals surface area (Å²) >= 11 is 6.63. The van der Waals surface area contributed by atoms with Gasteiger partial charge in [-0.2, -0.15) is 0 Å². The Labute approximate surface area is 196 Å². The molecule has 3 aliphatic rings. The lowest BCUT2D eigenvalue weighted by Gasteiger charge is -2.31. The summed E-state index contributed by atoms with van der Waals surface area (Å²) in [6.45, 7) is 6.49. The second-order valence-corrected chi connectivity index (χ2v) is 10.2. The van der Waals surface area contributed by atoms with Crippen molar-refractivity contribution in [2.75, 3.05) is 19.8 Å². The van der Waals surface area contributed by atoms with E-state index in [9.17, 15) is 10.2 Å². The molecule has 1 aromatic heterocycles. The van der Waals surface area contributed by atoms with Gasteiger partial charge in [0.2, 0.25) is 5.96 Å². The Morgan fingerprint density at radius 1 is 1.33 bits per heavy atom. The minimum atomic E-state index is -1.21. The Bertz CT molecular complexity index is 1160. The molecule has 0 saturated carbocycles. The molecular formula is C23H29ClFN5O3. The number of aliphatic imine (C=N–C) groups is 2. The van der Waals surface area contributed by atoms with Crippen LogP contribution in [0.2, 0.25) is 0 Å². The lowest BCUT2D eigenvalue weighted by Crippen LogP contribution is -2.49. The molecule has 3 N–H and O–H groups in total. The molecule has 1 saturated heterocycles. The first kappa shape index (κ1) is 22.7. The normalized spacial score (nSPS) is 28.0. The number of imidazole rings is 1.